The molecule has 0 bridgehead atoms. The molecule has 4 N–H and O–H groups in total. The number of nitrogens with one attached hydrogen (secondary N) is 3. The minimum atomic E-state index is -4.82. The monoisotopic (exact) mass is 699 g/mol. The molecule has 3 fully saturated rings. The van der Waals surface area contributed by atoms with Crippen molar-refractivity contribution in [2.24, 2.45) is 11.8 Å². The molecule has 18 heteroatoms. The molecule has 1 aromatic carbocycles. The molecule has 0 unspecified atom stereocenters. The van der Waals surface area contributed by atoms with Gasteiger partial charge in [0.25, 0.3) is 17.7 Å². The number of imidazole rings is 1. The van der Waals surface area contributed by atoms with Crippen LogP contribution in [0.2, 0.25) is 5.02 Å². The molecule has 2 aliphatic heterocycles. The second-order valence-corrected chi connectivity index (χ2v) is 13.5. The number of hydrogen-bond acceptors (Lipinski definition) is 8. The Morgan fingerprint density at radius 2 is 1.80 bits per heavy atom. The predicted octanol–water partition coefficient (Wildman–Crippen LogP) is 2.37. The summed E-state index contributed by atoms with van der Waals surface area (Å²) in [7, 11) is 3.89. The summed E-state index contributed by atoms with van der Waals surface area (Å²) in [6.45, 7) is 1.61. The van der Waals surface area contributed by atoms with Crippen LogP contribution in [0.1, 0.15) is 33.1 Å². The number of benzene rings is 1. The number of alkyl halides is 3. The van der Waals surface area contributed by atoms with Crippen LogP contribution in [0.5, 0.6) is 0 Å². The lowest BCUT2D eigenvalue weighted by atomic mass is 10.1. The number of fused-ring (bicyclic) bond motifs is 1. The van der Waals surface area contributed by atoms with Crippen LogP contribution in [-0.2, 0) is 11.0 Å². The maximum Gasteiger partial charge on any atom is 0.435 e. The number of aliphatic hydroxyl groups excluding tert-OH is 1. The van der Waals surface area contributed by atoms with E-state index in [1.54, 1.807) is 0 Å². The Kier molecular flexibility index (Phi) is 7.95. The van der Waals surface area contributed by atoms with Gasteiger partial charge in [0.2, 0.25) is 5.95 Å². The Balaban J connectivity index is 0.967. The minimum absolute atomic E-state index is 0.0330. The van der Waals surface area contributed by atoms with E-state index in [9.17, 15) is 32.7 Å². The summed E-state index contributed by atoms with van der Waals surface area (Å²) in [5.41, 5.74) is -1.27. The van der Waals surface area contributed by atoms with Crippen molar-refractivity contribution in [2.45, 2.75) is 30.8 Å². The SMILES string of the molecule is C[N+]1(C)C[C@H](O)C[C@H]1C(=O)N1C[C@@H]2[C@H](C1)[C@H]2NC(=O)c1ccc(NC(=O)c2ncc(-c3cn(-c4ncccn4)nc3C(F)(F)F)[nH]2)cc1Cl. The minimum Gasteiger partial charge on any atom is -0.387 e. The van der Waals surface area contributed by atoms with Crippen LogP contribution >= 0.6 is 11.6 Å². The summed E-state index contributed by atoms with van der Waals surface area (Å²) < 4.78 is 42.8. The Morgan fingerprint density at radius 1 is 1.08 bits per heavy atom. The molecule has 5 heterocycles. The molecule has 256 valence electrons. The zero-order valence-electron chi connectivity index (χ0n) is 26.1. The summed E-state index contributed by atoms with van der Waals surface area (Å²) in [4.78, 5) is 55.4. The quantitative estimate of drug-likeness (QED) is 0.213. The smallest absolute Gasteiger partial charge is 0.387 e. The molecule has 1 saturated carbocycles. The maximum atomic E-state index is 13.8. The highest BCUT2D eigenvalue weighted by molar-refractivity contribution is 6.34. The predicted molar refractivity (Wildman–Crippen MR) is 167 cm³/mol. The van der Waals surface area contributed by atoms with E-state index in [4.69, 9.17) is 11.6 Å². The van der Waals surface area contributed by atoms with Crippen LogP contribution in [-0.4, -0.2) is 114 Å². The van der Waals surface area contributed by atoms with E-state index in [1.165, 1.54) is 36.7 Å². The molecule has 7 rings (SSSR count). The first-order valence-electron chi connectivity index (χ1n) is 15.4. The van der Waals surface area contributed by atoms with Crippen molar-refractivity contribution in [1.82, 2.24) is 39.9 Å². The van der Waals surface area contributed by atoms with Gasteiger partial charge in [-0.2, -0.15) is 18.3 Å². The topological polar surface area (TPSA) is 171 Å². The highest BCUT2D eigenvalue weighted by Gasteiger charge is 2.59. The van der Waals surface area contributed by atoms with Gasteiger partial charge in [-0.05, 0) is 24.3 Å². The van der Waals surface area contributed by atoms with Crippen LogP contribution in [0.4, 0.5) is 18.9 Å². The summed E-state index contributed by atoms with van der Waals surface area (Å²) in [5, 5.41) is 19.3. The zero-order chi connectivity index (χ0) is 34.8. The number of hydrogen-bond donors (Lipinski definition) is 4. The van der Waals surface area contributed by atoms with E-state index in [2.05, 4.69) is 35.7 Å². The molecule has 4 aromatic rings. The third-order valence-electron chi connectivity index (χ3n) is 9.40. The lowest BCUT2D eigenvalue weighted by molar-refractivity contribution is -0.894. The molecule has 2 saturated heterocycles. The summed E-state index contributed by atoms with van der Waals surface area (Å²) in [6, 6.07) is 5.44. The Labute approximate surface area is 281 Å². The summed E-state index contributed by atoms with van der Waals surface area (Å²) in [5.74, 6) is -1.19. The van der Waals surface area contributed by atoms with Crippen molar-refractivity contribution >= 4 is 35.0 Å². The lowest BCUT2D eigenvalue weighted by Crippen LogP contribution is -2.53. The number of aromatic nitrogens is 6. The standard InChI is InChI=1S/C31H30ClF3N10O4/c1-45(2)14-16(46)9-23(45)29(49)43-11-18-19(12-43)24(18)41-27(47)17-5-4-15(8-21(17)32)39-28(48)26-38-10-22(40-26)20-13-44(30-36-6-3-7-37-30)42-25(20)31(33,34)35/h3-8,10,13,16,18-19,23-24,46H,9,11-12,14H2,1-2H3,(H2-,38,39,40,41,47,48)/p+1/t16-,18-,19+,23+,24+/m1/s1. The number of amides is 3. The number of nitrogens with zero attached hydrogens (tertiary/aromatic N) is 7. The number of anilines is 1. The third-order valence-corrected chi connectivity index (χ3v) is 9.71. The first-order valence-corrected chi connectivity index (χ1v) is 15.8. The molecule has 0 radical (unpaired) electrons. The number of piperidine rings is 1. The molecular weight excluding hydrogens is 669 g/mol. The maximum absolute atomic E-state index is 13.8. The number of aromatic amines is 1. The fraction of sp³-hybridized carbons (Fsp3) is 0.387. The van der Waals surface area contributed by atoms with E-state index >= 15 is 0 Å². The van der Waals surface area contributed by atoms with Crippen LogP contribution in [0.25, 0.3) is 17.2 Å². The summed E-state index contributed by atoms with van der Waals surface area (Å²) in [6.07, 6.45) is 0.0222. The van der Waals surface area contributed by atoms with Crippen molar-refractivity contribution in [2.75, 3.05) is 39.0 Å². The molecule has 5 atom stereocenters. The third kappa shape index (κ3) is 6.24. The van der Waals surface area contributed by atoms with E-state index in [-0.39, 0.29) is 69.1 Å². The largest absolute Gasteiger partial charge is 0.435 e. The van der Waals surface area contributed by atoms with Crippen molar-refractivity contribution in [3.63, 3.8) is 0 Å². The number of likely N-dealkylation sites (tertiary alicyclic amines) is 2. The fourth-order valence-electron chi connectivity index (χ4n) is 6.88. The molecule has 1 aliphatic carbocycles. The van der Waals surface area contributed by atoms with Crippen molar-refractivity contribution in [1.29, 1.82) is 0 Å². The van der Waals surface area contributed by atoms with Crippen LogP contribution in [0.3, 0.4) is 0 Å². The van der Waals surface area contributed by atoms with E-state index in [0.717, 1.165) is 17.1 Å². The summed E-state index contributed by atoms with van der Waals surface area (Å²) >= 11 is 6.41. The number of carbonyl (C=O) groups excluding carboxylic acids is 3. The number of H-pyrrole nitrogens is 1. The Hall–Kier alpha value is -4.87. The molecule has 14 nitrogen and oxygen atoms in total. The van der Waals surface area contributed by atoms with Crippen molar-refractivity contribution in [3.8, 4) is 17.2 Å². The highest BCUT2D eigenvalue weighted by atomic mass is 35.5. The average Bonchev–Trinajstić information content (AvgIpc) is 3.62. The zero-order valence-corrected chi connectivity index (χ0v) is 26.9. The lowest BCUT2D eigenvalue weighted by Gasteiger charge is -2.33. The molecule has 3 aliphatic rings. The van der Waals surface area contributed by atoms with Crippen LogP contribution < -0.4 is 10.6 Å². The van der Waals surface area contributed by atoms with E-state index in [1.807, 2.05) is 19.0 Å². The molecule has 3 amide bonds. The van der Waals surface area contributed by atoms with E-state index < -0.39 is 29.8 Å². The second kappa shape index (κ2) is 11.9. The fourth-order valence-corrected chi connectivity index (χ4v) is 7.15. The normalized spacial score (nSPS) is 24.1. The van der Waals surface area contributed by atoms with Crippen LogP contribution in [0.15, 0.2) is 49.1 Å². The van der Waals surface area contributed by atoms with Gasteiger partial charge in [0.05, 0.1) is 42.1 Å². The van der Waals surface area contributed by atoms with E-state index in [0.29, 0.717) is 30.5 Å². The molecular formula is C31H31ClF3N10O4+. The van der Waals surface area contributed by atoms with Gasteiger partial charge < -0.3 is 30.1 Å². The Bertz CT molecular complexity index is 1940. The van der Waals surface area contributed by atoms with Gasteiger partial charge in [0.15, 0.2) is 17.6 Å². The van der Waals surface area contributed by atoms with Gasteiger partial charge in [0, 0.05) is 61.7 Å². The van der Waals surface area contributed by atoms with Crippen molar-refractivity contribution < 1.29 is 37.1 Å². The van der Waals surface area contributed by atoms with Gasteiger partial charge in [-0.3, -0.25) is 14.4 Å². The first kappa shape index (κ1) is 32.7. The van der Waals surface area contributed by atoms with Gasteiger partial charge in [-0.25, -0.2) is 19.6 Å². The number of carbonyl (C=O) groups is 3. The number of aliphatic hydroxyl groups is 1. The molecule has 49 heavy (non-hydrogen) atoms. The number of halogens is 4. The number of quaternary nitrogens is 1. The van der Waals surface area contributed by atoms with Crippen LogP contribution in [0, 0.1) is 11.8 Å². The first-order chi connectivity index (χ1) is 23.2. The van der Waals surface area contributed by atoms with Gasteiger partial charge in [0.1, 0.15) is 12.6 Å². The highest BCUT2D eigenvalue weighted by Crippen LogP contribution is 2.46. The molecule has 3 aromatic heterocycles. The number of likely N-dealkylation sites (N-methyl/N-ethyl adjacent to an activating group) is 1. The average molecular weight is 700 g/mol. The van der Waals surface area contributed by atoms with Crippen molar-refractivity contribution in [3.05, 3.63) is 71.2 Å². The van der Waals surface area contributed by atoms with Gasteiger partial charge in [-0.1, -0.05) is 11.6 Å². The molecule has 0 spiro atoms. The van der Waals surface area contributed by atoms with Gasteiger partial charge in [-0.15, -0.1) is 0 Å². The second-order valence-electron chi connectivity index (χ2n) is 13.1. The number of rotatable bonds is 7. The Morgan fingerprint density at radius 3 is 2.43 bits per heavy atom. The van der Waals surface area contributed by atoms with Gasteiger partial charge >= 0.3 is 6.18 Å².